The second-order valence-corrected chi connectivity index (χ2v) is 10.0. The lowest BCUT2D eigenvalue weighted by Crippen LogP contribution is -2.48. The summed E-state index contributed by atoms with van der Waals surface area (Å²) >= 11 is 0. The molecule has 2 aromatic carbocycles. The van der Waals surface area contributed by atoms with Crippen LogP contribution in [0.5, 0.6) is 5.75 Å². The van der Waals surface area contributed by atoms with Crippen LogP contribution in [0.1, 0.15) is 47.4 Å². The Morgan fingerprint density at radius 3 is 2.51 bits per heavy atom. The van der Waals surface area contributed by atoms with Gasteiger partial charge in [0, 0.05) is 50.8 Å². The first kappa shape index (κ1) is 26.6. The minimum atomic E-state index is -0.589. The number of likely N-dealkylation sites (N-methyl/N-ethyl adjacent to an activating group) is 1. The zero-order chi connectivity index (χ0) is 26.7. The van der Waals surface area contributed by atoms with Gasteiger partial charge in [-0.1, -0.05) is 19.1 Å². The number of anilines is 1. The zero-order valence-electron chi connectivity index (χ0n) is 21.7. The fraction of sp³-hybridized carbons (Fsp3) is 0.464. The van der Waals surface area contributed by atoms with Crippen molar-refractivity contribution < 1.29 is 28.2 Å². The lowest BCUT2D eigenvalue weighted by molar-refractivity contribution is -0.117. The van der Waals surface area contributed by atoms with Crippen LogP contribution < -0.4 is 10.1 Å². The topological polar surface area (TPSA) is 88.2 Å². The van der Waals surface area contributed by atoms with Gasteiger partial charge in [-0.3, -0.25) is 14.4 Å². The average Bonchev–Trinajstić information content (AvgIpc) is 3.73. The fourth-order valence-electron chi connectivity index (χ4n) is 4.51. The number of fused-ring (bicyclic) bond motifs is 1. The molecule has 1 heterocycles. The molecule has 1 aliphatic heterocycles. The highest BCUT2D eigenvalue weighted by molar-refractivity contribution is 5.99. The third kappa shape index (κ3) is 6.10. The molecule has 3 atom stereocenters. The summed E-state index contributed by atoms with van der Waals surface area (Å²) in [6, 6.07) is 10.4. The smallest absolute Gasteiger partial charge is 0.257 e. The van der Waals surface area contributed by atoms with Gasteiger partial charge in [0.25, 0.3) is 11.8 Å². The molecule has 37 heavy (non-hydrogen) atoms. The van der Waals surface area contributed by atoms with E-state index in [9.17, 15) is 18.8 Å². The Balaban J connectivity index is 1.67. The van der Waals surface area contributed by atoms with Gasteiger partial charge in [0.2, 0.25) is 5.91 Å². The minimum absolute atomic E-state index is 0.0135. The summed E-state index contributed by atoms with van der Waals surface area (Å²) in [6.45, 7) is 4.39. The van der Waals surface area contributed by atoms with E-state index >= 15 is 0 Å². The minimum Gasteiger partial charge on any atom is -0.491 e. The number of halogens is 1. The van der Waals surface area contributed by atoms with E-state index in [2.05, 4.69) is 5.32 Å². The standard InChI is InChI=1S/C28H34FN3O5/c1-17-14-32(28(35)21-7-5-6-8-23(21)29)18(2)16-37-24-13-20(30-26(33)19-9-10-19)11-12-22(24)27(34)31(3)15-25(17)36-4/h5-8,11-13,17-19,25H,9-10,14-16H2,1-4H3,(H,30,33)/t17-,18-,25-/m1/s1. The normalized spacial score (nSPS) is 22.8. The molecule has 1 fully saturated rings. The number of methoxy groups -OCH3 is 1. The van der Waals surface area contributed by atoms with Gasteiger partial charge in [-0.15, -0.1) is 0 Å². The monoisotopic (exact) mass is 511 g/mol. The summed E-state index contributed by atoms with van der Waals surface area (Å²) in [5.74, 6) is -1.14. The fourth-order valence-corrected chi connectivity index (χ4v) is 4.51. The van der Waals surface area contributed by atoms with E-state index in [0.717, 1.165) is 12.8 Å². The number of hydrogen-bond donors (Lipinski definition) is 1. The first-order valence-electron chi connectivity index (χ1n) is 12.6. The number of amides is 3. The maximum atomic E-state index is 14.5. The lowest BCUT2D eigenvalue weighted by atomic mass is 10.0. The second-order valence-electron chi connectivity index (χ2n) is 10.0. The van der Waals surface area contributed by atoms with Gasteiger partial charge in [-0.05, 0) is 44.0 Å². The predicted octanol–water partition coefficient (Wildman–Crippen LogP) is 3.82. The van der Waals surface area contributed by atoms with Crippen LogP contribution in [0.4, 0.5) is 10.1 Å². The van der Waals surface area contributed by atoms with Crippen molar-refractivity contribution in [3.8, 4) is 5.75 Å². The van der Waals surface area contributed by atoms with E-state index in [1.54, 1.807) is 54.3 Å². The molecule has 0 bridgehead atoms. The summed E-state index contributed by atoms with van der Waals surface area (Å²) in [5, 5.41) is 2.88. The Morgan fingerprint density at radius 1 is 1.11 bits per heavy atom. The van der Waals surface area contributed by atoms with Gasteiger partial charge in [0.15, 0.2) is 0 Å². The molecule has 198 valence electrons. The highest BCUT2D eigenvalue weighted by Crippen LogP contribution is 2.32. The molecule has 0 aromatic heterocycles. The largest absolute Gasteiger partial charge is 0.491 e. The van der Waals surface area contributed by atoms with Crippen LogP contribution in [0.3, 0.4) is 0 Å². The van der Waals surface area contributed by atoms with Gasteiger partial charge in [-0.25, -0.2) is 4.39 Å². The molecule has 9 heteroatoms. The van der Waals surface area contributed by atoms with Crippen molar-refractivity contribution in [2.24, 2.45) is 11.8 Å². The number of nitrogens with zero attached hydrogens (tertiary/aromatic N) is 2. The molecular formula is C28H34FN3O5. The van der Waals surface area contributed by atoms with Crippen molar-refractivity contribution in [3.63, 3.8) is 0 Å². The molecule has 0 spiro atoms. The predicted molar refractivity (Wildman–Crippen MR) is 137 cm³/mol. The Hall–Kier alpha value is -3.46. The summed E-state index contributed by atoms with van der Waals surface area (Å²) < 4.78 is 26.3. The van der Waals surface area contributed by atoms with Gasteiger partial charge >= 0.3 is 0 Å². The maximum Gasteiger partial charge on any atom is 0.257 e. The molecule has 3 amide bonds. The summed E-state index contributed by atoms with van der Waals surface area (Å²) in [6.07, 6.45) is 1.39. The van der Waals surface area contributed by atoms with E-state index in [-0.39, 0.29) is 55.0 Å². The first-order valence-corrected chi connectivity index (χ1v) is 12.6. The number of ether oxygens (including phenoxy) is 2. The number of hydrogen-bond acceptors (Lipinski definition) is 5. The summed E-state index contributed by atoms with van der Waals surface area (Å²) in [5.41, 5.74) is 0.864. The lowest BCUT2D eigenvalue weighted by Gasteiger charge is -2.36. The van der Waals surface area contributed by atoms with Crippen LogP contribution in [0, 0.1) is 17.7 Å². The zero-order valence-corrected chi connectivity index (χ0v) is 21.7. The summed E-state index contributed by atoms with van der Waals surface area (Å²) in [7, 11) is 3.26. The van der Waals surface area contributed by atoms with Crippen LogP contribution >= 0.6 is 0 Å². The highest BCUT2D eigenvalue weighted by atomic mass is 19.1. The molecule has 2 aliphatic rings. The van der Waals surface area contributed by atoms with E-state index in [0.29, 0.717) is 17.0 Å². The number of carbonyl (C=O) groups excluding carboxylic acids is 3. The first-order chi connectivity index (χ1) is 17.7. The van der Waals surface area contributed by atoms with Crippen molar-refractivity contribution in [1.82, 2.24) is 9.80 Å². The molecular weight excluding hydrogens is 477 g/mol. The molecule has 2 aromatic rings. The van der Waals surface area contributed by atoms with E-state index < -0.39 is 17.8 Å². The van der Waals surface area contributed by atoms with E-state index in [1.807, 2.05) is 13.8 Å². The highest BCUT2D eigenvalue weighted by Gasteiger charge is 2.32. The van der Waals surface area contributed by atoms with Crippen LogP contribution in [0.25, 0.3) is 0 Å². The molecule has 1 N–H and O–H groups in total. The van der Waals surface area contributed by atoms with Gasteiger partial charge < -0.3 is 24.6 Å². The maximum absolute atomic E-state index is 14.5. The van der Waals surface area contributed by atoms with E-state index in [1.165, 1.54) is 12.1 Å². The third-order valence-corrected chi connectivity index (χ3v) is 7.03. The quantitative estimate of drug-likeness (QED) is 0.674. The Kier molecular flexibility index (Phi) is 8.12. The van der Waals surface area contributed by atoms with Gasteiger partial charge in [0.05, 0.1) is 23.3 Å². The van der Waals surface area contributed by atoms with Crippen LogP contribution in [0.15, 0.2) is 42.5 Å². The van der Waals surface area contributed by atoms with Crippen molar-refractivity contribution in [1.29, 1.82) is 0 Å². The average molecular weight is 512 g/mol. The SMILES string of the molecule is CO[C@@H]1CN(C)C(=O)c2ccc(NC(=O)C3CC3)cc2OC[C@@H](C)N(C(=O)c2ccccc2F)C[C@H]1C. The van der Waals surface area contributed by atoms with Crippen molar-refractivity contribution in [2.75, 3.05) is 39.2 Å². The molecule has 4 rings (SSSR count). The third-order valence-electron chi connectivity index (χ3n) is 7.03. The van der Waals surface area contributed by atoms with Crippen molar-refractivity contribution >= 4 is 23.4 Å². The van der Waals surface area contributed by atoms with Crippen LogP contribution in [0.2, 0.25) is 0 Å². The second kappa shape index (κ2) is 11.3. The van der Waals surface area contributed by atoms with Crippen LogP contribution in [-0.2, 0) is 9.53 Å². The number of benzene rings is 2. The number of rotatable bonds is 4. The van der Waals surface area contributed by atoms with E-state index in [4.69, 9.17) is 9.47 Å². The molecule has 1 saturated carbocycles. The molecule has 8 nitrogen and oxygen atoms in total. The van der Waals surface area contributed by atoms with Gasteiger partial charge in [-0.2, -0.15) is 0 Å². The van der Waals surface area contributed by atoms with Crippen molar-refractivity contribution in [3.05, 3.63) is 59.4 Å². The number of carbonyl (C=O) groups is 3. The molecule has 0 saturated heterocycles. The Bertz CT molecular complexity index is 1170. The molecule has 1 aliphatic carbocycles. The Morgan fingerprint density at radius 2 is 1.84 bits per heavy atom. The van der Waals surface area contributed by atoms with Crippen molar-refractivity contribution in [2.45, 2.75) is 38.8 Å². The molecule has 0 unspecified atom stereocenters. The number of nitrogens with one attached hydrogen (secondary N) is 1. The molecule has 0 radical (unpaired) electrons. The Labute approximate surface area is 216 Å². The van der Waals surface area contributed by atoms with Crippen LogP contribution in [-0.4, -0.2) is 73.5 Å². The van der Waals surface area contributed by atoms with Gasteiger partial charge in [0.1, 0.15) is 18.2 Å². The summed E-state index contributed by atoms with van der Waals surface area (Å²) in [4.78, 5) is 42.3.